The van der Waals surface area contributed by atoms with Gasteiger partial charge in [0.25, 0.3) is 11.6 Å². The highest BCUT2D eigenvalue weighted by Crippen LogP contribution is 2.25. The lowest BCUT2D eigenvalue weighted by atomic mass is 10.0. The van der Waals surface area contributed by atoms with E-state index in [-0.39, 0.29) is 18.8 Å². The third-order valence-electron chi connectivity index (χ3n) is 3.72. The Hall–Kier alpha value is -2.48. The number of nitrogens with zero attached hydrogens (tertiary/aromatic N) is 2. The summed E-state index contributed by atoms with van der Waals surface area (Å²) in [5, 5.41) is 13.5. The second kappa shape index (κ2) is 5.72. The molecule has 1 N–H and O–H groups in total. The minimum absolute atomic E-state index is 0.0164. The highest BCUT2D eigenvalue weighted by atomic mass is 16.6. The Morgan fingerprint density at radius 1 is 1.41 bits per heavy atom. The average molecular weight is 307 g/mol. The molecule has 0 unspecified atom stereocenters. The Morgan fingerprint density at radius 2 is 2.09 bits per heavy atom. The molecule has 1 heterocycles. The Labute approximate surface area is 127 Å². The molecule has 1 fully saturated rings. The molecule has 0 radical (unpaired) electrons. The first-order valence-electron chi connectivity index (χ1n) is 6.66. The van der Waals surface area contributed by atoms with E-state index in [1.807, 2.05) is 0 Å². The molecule has 118 valence electrons. The lowest BCUT2D eigenvalue weighted by molar-refractivity contribution is -0.385. The highest BCUT2D eigenvalue weighted by molar-refractivity contribution is 6.06. The van der Waals surface area contributed by atoms with Gasteiger partial charge in [0.15, 0.2) is 0 Å². The predicted octanol–water partition coefficient (Wildman–Crippen LogP) is 1.36. The van der Waals surface area contributed by atoms with Gasteiger partial charge in [0.05, 0.1) is 18.1 Å². The minimum atomic E-state index is -1.11. The van der Waals surface area contributed by atoms with Gasteiger partial charge in [0.1, 0.15) is 5.54 Å². The van der Waals surface area contributed by atoms with Crippen LogP contribution in [0, 0.1) is 17.0 Å². The number of rotatable bonds is 5. The van der Waals surface area contributed by atoms with E-state index in [1.165, 1.54) is 19.2 Å². The number of urea groups is 1. The summed E-state index contributed by atoms with van der Waals surface area (Å²) in [6.45, 7) is 3.22. The highest BCUT2D eigenvalue weighted by Gasteiger charge is 2.47. The average Bonchev–Trinajstić information content (AvgIpc) is 2.64. The van der Waals surface area contributed by atoms with Crippen LogP contribution in [0.3, 0.4) is 0 Å². The maximum absolute atomic E-state index is 12.4. The number of amides is 3. The Bertz CT molecular complexity index is 645. The lowest BCUT2D eigenvalue weighted by Crippen LogP contribution is -2.47. The molecule has 2 rings (SSSR count). The van der Waals surface area contributed by atoms with Gasteiger partial charge in [-0.05, 0) is 19.4 Å². The summed E-state index contributed by atoms with van der Waals surface area (Å²) in [7, 11) is 1.44. The van der Waals surface area contributed by atoms with Crippen molar-refractivity contribution in [1.82, 2.24) is 10.2 Å². The maximum Gasteiger partial charge on any atom is 0.325 e. The molecule has 22 heavy (non-hydrogen) atoms. The van der Waals surface area contributed by atoms with Crippen molar-refractivity contribution in [2.75, 3.05) is 13.7 Å². The van der Waals surface area contributed by atoms with E-state index >= 15 is 0 Å². The van der Waals surface area contributed by atoms with Gasteiger partial charge in [0, 0.05) is 18.7 Å². The summed E-state index contributed by atoms with van der Waals surface area (Å²) in [5.41, 5.74) is -0.155. The second-order valence-electron chi connectivity index (χ2n) is 5.40. The number of hydrogen-bond acceptors (Lipinski definition) is 5. The molecule has 1 aliphatic heterocycles. The van der Waals surface area contributed by atoms with Crippen LogP contribution in [0.15, 0.2) is 18.2 Å². The fourth-order valence-corrected chi connectivity index (χ4v) is 2.49. The minimum Gasteiger partial charge on any atom is -0.382 e. The van der Waals surface area contributed by atoms with E-state index in [9.17, 15) is 19.7 Å². The molecule has 1 aromatic carbocycles. The number of carbonyl (C=O) groups excluding carboxylic acids is 2. The molecule has 0 aromatic heterocycles. The van der Waals surface area contributed by atoms with Crippen molar-refractivity contribution < 1.29 is 19.2 Å². The molecule has 0 saturated carbocycles. The van der Waals surface area contributed by atoms with E-state index in [4.69, 9.17) is 4.74 Å². The van der Waals surface area contributed by atoms with Crippen LogP contribution >= 0.6 is 0 Å². The zero-order chi connectivity index (χ0) is 16.5. The summed E-state index contributed by atoms with van der Waals surface area (Å²) >= 11 is 0. The zero-order valence-electron chi connectivity index (χ0n) is 12.6. The number of carbonyl (C=O) groups is 2. The first kappa shape index (κ1) is 15.9. The van der Waals surface area contributed by atoms with Crippen LogP contribution in [0.4, 0.5) is 10.5 Å². The Morgan fingerprint density at radius 3 is 2.68 bits per heavy atom. The maximum atomic E-state index is 12.4. The van der Waals surface area contributed by atoms with Gasteiger partial charge in [-0.15, -0.1) is 0 Å². The van der Waals surface area contributed by atoms with Crippen LogP contribution in [-0.2, 0) is 16.1 Å². The molecular formula is C14H17N3O5. The van der Waals surface area contributed by atoms with E-state index < -0.39 is 22.4 Å². The molecule has 0 spiro atoms. The normalized spacial score (nSPS) is 21.1. The van der Waals surface area contributed by atoms with Crippen LogP contribution in [0.1, 0.15) is 18.1 Å². The third kappa shape index (κ3) is 2.64. The third-order valence-corrected chi connectivity index (χ3v) is 3.72. The lowest BCUT2D eigenvalue weighted by Gasteiger charge is -2.20. The van der Waals surface area contributed by atoms with Crippen LogP contribution in [-0.4, -0.2) is 41.0 Å². The number of nitro groups is 1. The van der Waals surface area contributed by atoms with E-state index in [0.29, 0.717) is 11.1 Å². The van der Waals surface area contributed by atoms with E-state index in [1.54, 1.807) is 19.9 Å². The number of imide groups is 1. The molecule has 1 saturated heterocycles. The van der Waals surface area contributed by atoms with Crippen molar-refractivity contribution in [1.29, 1.82) is 0 Å². The molecule has 1 aliphatic rings. The van der Waals surface area contributed by atoms with Gasteiger partial charge < -0.3 is 10.1 Å². The monoisotopic (exact) mass is 307 g/mol. The quantitative estimate of drug-likeness (QED) is 0.503. The van der Waals surface area contributed by atoms with Gasteiger partial charge in [-0.2, -0.15) is 0 Å². The molecule has 0 bridgehead atoms. The molecule has 0 aliphatic carbocycles. The van der Waals surface area contributed by atoms with Gasteiger partial charge in [-0.1, -0.05) is 12.1 Å². The number of benzene rings is 1. The van der Waals surface area contributed by atoms with Gasteiger partial charge >= 0.3 is 6.03 Å². The smallest absolute Gasteiger partial charge is 0.325 e. The molecule has 1 aromatic rings. The largest absolute Gasteiger partial charge is 0.382 e. The van der Waals surface area contributed by atoms with Gasteiger partial charge in [-0.3, -0.25) is 19.8 Å². The standard InChI is InChI=1S/C14H17N3O5/c1-9-10(5-4-6-11(9)17(20)21)7-16-12(18)14(2,8-22-3)15-13(16)19/h4-6H,7-8H2,1-3H3,(H,15,19)/t14-/m1/s1. The summed E-state index contributed by atoms with van der Waals surface area (Å²) in [6.07, 6.45) is 0. The van der Waals surface area contributed by atoms with Crippen molar-refractivity contribution in [2.45, 2.75) is 25.9 Å². The number of hydrogen-bond donors (Lipinski definition) is 1. The summed E-state index contributed by atoms with van der Waals surface area (Å²) in [5.74, 6) is -0.412. The second-order valence-corrected chi connectivity index (χ2v) is 5.40. The fraction of sp³-hybridized carbons (Fsp3) is 0.429. The molecular weight excluding hydrogens is 290 g/mol. The van der Waals surface area contributed by atoms with Gasteiger partial charge in [0.2, 0.25) is 0 Å². The fourth-order valence-electron chi connectivity index (χ4n) is 2.49. The predicted molar refractivity (Wildman–Crippen MR) is 77.2 cm³/mol. The number of methoxy groups -OCH3 is 1. The summed E-state index contributed by atoms with van der Waals surface area (Å²) in [6, 6.07) is 4.05. The number of nitro benzene ring substituents is 1. The van der Waals surface area contributed by atoms with Crippen LogP contribution in [0.25, 0.3) is 0 Å². The van der Waals surface area contributed by atoms with Crippen molar-refractivity contribution in [2.24, 2.45) is 0 Å². The van der Waals surface area contributed by atoms with Crippen LogP contribution < -0.4 is 5.32 Å². The summed E-state index contributed by atoms with van der Waals surface area (Å²) < 4.78 is 4.97. The van der Waals surface area contributed by atoms with Crippen LogP contribution in [0.2, 0.25) is 0 Å². The Kier molecular flexibility index (Phi) is 4.14. The van der Waals surface area contributed by atoms with Crippen LogP contribution in [0.5, 0.6) is 0 Å². The molecule has 3 amide bonds. The molecule has 8 nitrogen and oxygen atoms in total. The van der Waals surface area contributed by atoms with E-state index in [2.05, 4.69) is 5.32 Å². The van der Waals surface area contributed by atoms with Crippen molar-refractivity contribution in [3.8, 4) is 0 Å². The van der Waals surface area contributed by atoms with Crippen molar-refractivity contribution in [3.05, 3.63) is 39.4 Å². The molecule has 1 atom stereocenters. The Balaban J connectivity index is 2.28. The first-order valence-corrected chi connectivity index (χ1v) is 6.66. The number of nitrogens with one attached hydrogen (secondary N) is 1. The first-order chi connectivity index (χ1) is 10.3. The van der Waals surface area contributed by atoms with Crippen molar-refractivity contribution in [3.63, 3.8) is 0 Å². The van der Waals surface area contributed by atoms with E-state index in [0.717, 1.165) is 4.90 Å². The summed E-state index contributed by atoms with van der Waals surface area (Å²) in [4.78, 5) is 35.9. The zero-order valence-corrected chi connectivity index (χ0v) is 12.6. The van der Waals surface area contributed by atoms with Gasteiger partial charge in [-0.25, -0.2) is 4.79 Å². The topological polar surface area (TPSA) is 102 Å². The molecule has 8 heteroatoms. The van der Waals surface area contributed by atoms with Crippen molar-refractivity contribution >= 4 is 17.6 Å². The SMILES string of the molecule is COC[C@@]1(C)NC(=O)N(Cc2cccc([N+](=O)[O-])c2C)C1=O. The number of ether oxygens (including phenoxy) is 1.